The third-order valence-corrected chi connectivity index (χ3v) is 5.63. The number of nitrogens with one attached hydrogen (secondary N) is 2. The molecule has 4 rings (SSSR count). The first kappa shape index (κ1) is 39.2. The number of aliphatic hydroxyl groups is 1. The first-order chi connectivity index (χ1) is 21.3. The molecule has 0 radical (unpaired) electrons. The lowest BCUT2D eigenvalue weighted by atomic mass is 10.2. The number of hydrogen-bond donors (Lipinski definition) is 3. The van der Waals surface area contributed by atoms with Crippen molar-refractivity contribution in [1.82, 2.24) is 9.97 Å². The highest BCUT2D eigenvalue weighted by Gasteiger charge is 2.20. The Labute approximate surface area is 272 Å². The van der Waals surface area contributed by atoms with Crippen LogP contribution in [-0.2, 0) is 11.3 Å². The summed E-state index contributed by atoms with van der Waals surface area (Å²) in [6.45, 7) is 5.07. The predicted molar refractivity (Wildman–Crippen MR) is 178 cm³/mol. The van der Waals surface area contributed by atoms with E-state index in [0.29, 0.717) is 34.3 Å². The second kappa shape index (κ2) is 17.6. The number of carbonyl (C=O) groups excluding carboxylic acids is 1. The number of esters is 1. The molecular weight excluding hydrogens is 612 g/mol. The highest BCUT2D eigenvalue weighted by molar-refractivity contribution is 5.87. The molecule has 0 spiro atoms. The van der Waals surface area contributed by atoms with E-state index in [1.807, 2.05) is 0 Å². The van der Waals surface area contributed by atoms with Crippen LogP contribution in [0.4, 0.5) is 22.7 Å². The van der Waals surface area contributed by atoms with E-state index in [1.165, 1.54) is 30.6 Å². The molecule has 0 saturated carbocycles. The molecule has 0 aliphatic rings. The molecule has 15 heteroatoms. The van der Waals surface area contributed by atoms with Crippen molar-refractivity contribution in [2.45, 2.75) is 47.8 Å². The minimum Gasteiger partial charge on any atom is -0.457 e. The summed E-state index contributed by atoms with van der Waals surface area (Å²) < 4.78 is 16.4. The summed E-state index contributed by atoms with van der Waals surface area (Å²) in [5.41, 5.74) is 0.522. The zero-order valence-corrected chi connectivity index (χ0v) is 25.1. The Morgan fingerprint density at radius 3 is 1.64 bits per heavy atom. The molecule has 3 N–H and O–H groups in total. The second-order valence-electron chi connectivity index (χ2n) is 10.1. The van der Waals surface area contributed by atoms with Gasteiger partial charge in [0.1, 0.15) is 40.0 Å². The quantitative estimate of drug-likeness (QED) is 0.0871. The Balaban J connectivity index is 0.000000461. The van der Waals surface area contributed by atoms with Crippen LogP contribution in [-0.4, -0.2) is 50.6 Å². The van der Waals surface area contributed by atoms with Gasteiger partial charge in [-0.25, -0.2) is 9.78 Å². The van der Waals surface area contributed by atoms with E-state index < -0.39 is 21.4 Å². The molecule has 252 valence electrons. The molecule has 0 saturated heterocycles. The van der Waals surface area contributed by atoms with Crippen molar-refractivity contribution in [2.24, 2.45) is 0 Å². The van der Waals surface area contributed by atoms with Gasteiger partial charge in [0.2, 0.25) is 0 Å². The molecule has 2 aromatic heterocycles. The van der Waals surface area contributed by atoms with Gasteiger partial charge in [-0.15, -0.1) is 0 Å². The molecule has 4 aromatic rings. The van der Waals surface area contributed by atoms with Gasteiger partial charge in [-0.1, -0.05) is 14.9 Å². The number of carbonyl (C=O) groups is 1. The fourth-order valence-corrected chi connectivity index (χ4v) is 3.67. The van der Waals surface area contributed by atoms with Crippen molar-refractivity contribution in [3.05, 3.63) is 105 Å². The van der Waals surface area contributed by atoms with Crippen LogP contribution in [0.2, 0.25) is 0 Å². The number of hydrogen-bond acceptors (Lipinski definition) is 13. The van der Waals surface area contributed by atoms with Gasteiger partial charge in [0, 0.05) is 38.6 Å². The van der Waals surface area contributed by atoms with Gasteiger partial charge >= 0.3 is 5.97 Å². The Morgan fingerprint density at radius 1 is 0.766 bits per heavy atom. The molecule has 0 aliphatic heterocycles. The van der Waals surface area contributed by atoms with E-state index in [1.54, 1.807) is 77.3 Å². The summed E-state index contributed by atoms with van der Waals surface area (Å²) in [7, 11) is 3.21. The summed E-state index contributed by atoms with van der Waals surface area (Å²) >= 11 is 0. The number of ether oxygens (including phenoxy) is 3. The van der Waals surface area contributed by atoms with Crippen LogP contribution in [0, 0.1) is 20.2 Å². The number of rotatable bonds is 10. The molecule has 0 unspecified atom stereocenters. The third kappa shape index (κ3) is 11.6. The lowest BCUT2D eigenvalue weighted by molar-refractivity contribution is -0.384. The number of nitrogens with zero attached hydrogens (tertiary/aromatic N) is 4. The maximum atomic E-state index is 12.1. The van der Waals surface area contributed by atoms with E-state index >= 15 is 0 Å². The van der Waals surface area contributed by atoms with Gasteiger partial charge in [0.15, 0.2) is 5.69 Å². The molecular formula is C32H40N6O9. The van der Waals surface area contributed by atoms with Gasteiger partial charge in [0.25, 0.3) is 11.4 Å². The number of pyridine rings is 2. The second-order valence-corrected chi connectivity index (χ2v) is 10.1. The average Bonchev–Trinajstić information content (AvgIpc) is 3.00. The number of aromatic nitrogens is 2. The number of nitro benzene ring substituents is 2. The largest absolute Gasteiger partial charge is 0.457 e. The molecule has 2 heterocycles. The standard InChI is InChI=1S/C17H19N3O5.C13H13N3O4.2CH4/c1-17(2,3)25-16(21)14-9-12(7-8-19-14)24-11-5-6-13(18-4)15(10-11)20(22)23;1-14-12-3-2-10(7-13(12)16(18)19)20-11-4-5-15-9(6-11)8-17;;/h5-10,18H,1-4H3;2-7,14,17H,8H2,1H3;2*1H4. The molecule has 0 atom stereocenters. The summed E-state index contributed by atoms with van der Waals surface area (Å²) in [5, 5.41) is 36.5. The zero-order valence-electron chi connectivity index (χ0n) is 25.1. The Kier molecular flexibility index (Phi) is 14.7. The van der Waals surface area contributed by atoms with Crippen molar-refractivity contribution in [3.63, 3.8) is 0 Å². The van der Waals surface area contributed by atoms with Crippen molar-refractivity contribution in [2.75, 3.05) is 24.7 Å². The summed E-state index contributed by atoms with van der Waals surface area (Å²) in [5.74, 6) is 0.810. The number of nitro groups is 2. The Bertz CT molecular complexity index is 1680. The molecule has 0 amide bonds. The van der Waals surface area contributed by atoms with Gasteiger partial charge < -0.3 is 30.0 Å². The van der Waals surface area contributed by atoms with Crippen molar-refractivity contribution >= 4 is 28.7 Å². The molecule has 0 bridgehead atoms. The average molecular weight is 653 g/mol. The number of aliphatic hydroxyl groups excluding tert-OH is 1. The smallest absolute Gasteiger partial charge is 0.357 e. The monoisotopic (exact) mass is 652 g/mol. The predicted octanol–water partition coefficient (Wildman–Crippen LogP) is 7.37. The van der Waals surface area contributed by atoms with Crippen LogP contribution in [0.1, 0.15) is 51.8 Å². The van der Waals surface area contributed by atoms with Crippen LogP contribution < -0.4 is 20.1 Å². The zero-order chi connectivity index (χ0) is 33.1. The van der Waals surface area contributed by atoms with Crippen LogP contribution in [0.25, 0.3) is 0 Å². The van der Waals surface area contributed by atoms with E-state index in [9.17, 15) is 25.0 Å². The third-order valence-electron chi connectivity index (χ3n) is 5.63. The van der Waals surface area contributed by atoms with Crippen molar-refractivity contribution < 1.29 is 34.0 Å². The maximum Gasteiger partial charge on any atom is 0.357 e. The fourth-order valence-electron chi connectivity index (χ4n) is 3.67. The molecule has 15 nitrogen and oxygen atoms in total. The van der Waals surface area contributed by atoms with Gasteiger partial charge in [0.05, 0.1) is 34.3 Å². The maximum absolute atomic E-state index is 12.1. The lowest BCUT2D eigenvalue weighted by Crippen LogP contribution is -2.24. The summed E-state index contributed by atoms with van der Waals surface area (Å²) in [6.07, 6.45) is 2.90. The Morgan fingerprint density at radius 2 is 1.21 bits per heavy atom. The molecule has 0 aliphatic carbocycles. The van der Waals surface area contributed by atoms with Crippen molar-refractivity contribution in [3.8, 4) is 23.0 Å². The minimum absolute atomic E-state index is 0. The first-order valence-electron chi connectivity index (χ1n) is 13.4. The first-order valence-corrected chi connectivity index (χ1v) is 13.4. The number of benzene rings is 2. The Hall–Kier alpha value is -5.83. The summed E-state index contributed by atoms with van der Waals surface area (Å²) in [4.78, 5) is 41.0. The highest BCUT2D eigenvalue weighted by atomic mass is 16.6. The lowest BCUT2D eigenvalue weighted by Gasteiger charge is -2.19. The highest BCUT2D eigenvalue weighted by Crippen LogP contribution is 2.32. The van der Waals surface area contributed by atoms with Gasteiger partial charge in [-0.05, 0) is 57.2 Å². The van der Waals surface area contributed by atoms with E-state index in [0.717, 1.165) is 0 Å². The van der Waals surface area contributed by atoms with E-state index in [-0.39, 0.29) is 44.3 Å². The normalized spacial score (nSPS) is 10.1. The van der Waals surface area contributed by atoms with E-state index in [2.05, 4.69) is 20.6 Å². The minimum atomic E-state index is -0.640. The summed E-state index contributed by atoms with van der Waals surface area (Å²) in [6, 6.07) is 15.1. The molecule has 2 aromatic carbocycles. The molecule has 0 fully saturated rings. The molecule has 47 heavy (non-hydrogen) atoms. The van der Waals surface area contributed by atoms with Crippen LogP contribution >= 0.6 is 0 Å². The van der Waals surface area contributed by atoms with Crippen molar-refractivity contribution in [1.29, 1.82) is 0 Å². The number of anilines is 2. The van der Waals surface area contributed by atoms with Crippen LogP contribution in [0.5, 0.6) is 23.0 Å². The SMILES string of the molecule is C.C.CNc1ccc(Oc2ccnc(C(=O)OC(C)(C)C)c2)cc1[N+](=O)[O-].CNc1ccc(Oc2ccnc(CO)c2)cc1[N+](=O)[O-]. The fraction of sp³-hybridized carbons (Fsp3) is 0.281. The topological polar surface area (TPSA) is 201 Å². The van der Waals surface area contributed by atoms with Crippen LogP contribution in [0.3, 0.4) is 0 Å². The van der Waals surface area contributed by atoms with Gasteiger partial charge in [-0.3, -0.25) is 25.2 Å². The van der Waals surface area contributed by atoms with E-state index in [4.69, 9.17) is 19.3 Å². The van der Waals surface area contributed by atoms with Gasteiger partial charge in [-0.2, -0.15) is 0 Å². The van der Waals surface area contributed by atoms with Crippen LogP contribution in [0.15, 0.2) is 73.1 Å².